The second-order valence-corrected chi connectivity index (χ2v) is 6.56. The van der Waals surface area contributed by atoms with Gasteiger partial charge in [0, 0.05) is 44.6 Å². The number of hydrogen-bond donors (Lipinski definition) is 1. The number of carbonyl (C=O) groups excluding carboxylic acids is 2. The molecule has 1 fully saturated rings. The van der Waals surface area contributed by atoms with Gasteiger partial charge >= 0.3 is 0 Å². The van der Waals surface area contributed by atoms with E-state index in [4.69, 9.17) is 4.74 Å². The van der Waals surface area contributed by atoms with Gasteiger partial charge in [-0.3, -0.25) is 14.5 Å². The maximum absolute atomic E-state index is 12.3. The van der Waals surface area contributed by atoms with Crippen molar-refractivity contribution in [3.8, 4) is 0 Å². The number of aryl methyl sites for hydroxylation is 2. The minimum absolute atomic E-state index is 0.0437. The summed E-state index contributed by atoms with van der Waals surface area (Å²) in [5.74, 6) is 0.0193. The molecular formula is C19H26N2O3. The summed E-state index contributed by atoms with van der Waals surface area (Å²) in [6.45, 7) is 4.85. The molecule has 1 heterocycles. The molecule has 0 atom stereocenters. The van der Waals surface area contributed by atoms with Crippen LogP contribution < -0.4 is 5.32 Å². The lowest BCUT2D eigenvalue weighted by Gasteiger charge is -2.26. The van der Waals surface area contributed by atoms with Crippen LogP contribution in [0, 0.1) is 0 Å². The summed E-state index contributed by atoms with van der Waals surface area (Å²) >= 11 is 0. The van der Waals surface area contributed by atoms with E-state index >= 15 is 0 Å². The number of rotatable bonds is 7. The van der Waals surface area contributed by atoms with Crippen LogP contribution in [0.5, 0.6) is 0 Å². The highest BCUT2D eigenvalue weighted by atomic mass is 16.5. The molecule has 1 aliphatic heterocycles. The molecule has 0 radical (unpaired) electrons. The predicted octanol–water partition coefficient (Wildman–Crippen LogP) is 1.59. The Morgan fingerprint density at radius 3 is 2.71 bits per heavy atom. The third kappa shape index (κ3) is 4.65. The van der Waals surface area contributed by atoms with Crippen LogP contribution in [0.15, 0.2) is 18.2 Å². The van der Waals surface area contributed by atoms with Gasteiger partial charge in [-0.15, -0.1) is 0 Å². The topological polar surface area (TPSA) is 58.6 Å². The Morgan fingerprint density at radius 2 is 1.88 bits per heavy atom. The first-order valence-electron chi connectivity index (χ1n) is 8.94. The molecule has 0 saturated carbocycles. The first-order valence-corrected chi connectivity index (χ1v) is 8.94. The summed E-state index contributed by atoms with van der Waals surface area (Å²) in [7, 11) is 0. The zero-order valence-corrected chi connectivity index (χ0v) is 14.2. The van der Waals surface area contributed by atoms with Crippen molar-refractivity contribution >= 4 is 11.7 Å². The quantitative estimate of drug-likeness (QED) is 0.771. The van der Waals surface area contributed by atoms with Crippen molar-refractivity contribution in [3.63, 3.8) is 0 Å². The van der Waals surface area contributed by atoms with Crippen LogP contribution in [0.3, 0.4) is 0 Å². The van der Waals surface area contributed by atoms with Crippen molar-refractivity contribution in [3.05, 3.63) is 34.9 Å². The Kier molecular flexibility index (Phi) is 5.99. The fourth-order valence-corrected chi connectivity index (χ4v) is 3.38. The average molecular weight is 330 g/mol. The summed E-state index contributed by atoms with van der Waals surface area (Å²) < 4.78 is 5.30. The molecule has 0 aromatic heterocycles. The average Bonchev–Trinajstić information content (AvgIpc) is 3.08. The number of carbonyl (C=O) groups is 2. The van der Waals surface area contributed by atoms with E-state index in [2.05, 4.69) is 16.3 Å². The second kappa shape index (κ2) is 8.40. The van der Waals surface area contributed by atoms with Crippen LogP contribution in [0.2, 0.25) is 0 Å². The van der Waals surface area contributed by atoms with Gasteiger partial charge in [0.2, 0.25) is 5.91 Å². The highest BCUT2D eigenvalue weighted by Crippen LogP contribution is 2.23. The van der Waals surface area contributed by atoms with E-state index in [9.17, 15) is 9.59 Å². The van der Waals surface area contributed by atoms with E-state index < -0.39 is 0 Å². The van der Waals surface area contributed by atoms with Crippen LogP contribution in [0.4, 0.5) is 0 Å². The number of nitrogens with zero attached hydrogens (tertiary/aromatic N) is 1. The summed E-state index contributed by atoms with van der Waals surface area (Å²) in [6, 6.07) is 5.99. The Bertz CT molecular complexity index is 594. The highest BCUT2D eigenvalue weighted by molar-refractivity contribution is 5.98. The number of nitrogens with one attached hydrogen (secondary N) is 1. The number of Topliss-reactive ketones (excluding diaryl/α,β-unsaturated/α-hetero) is 1. The lowest BCUT2D eigenvalue weighted by atomic mass is 10.0. The molecule has 1 aromatic rings. The van der Waals surface area contributed by atoms with Gasteiger partial charge in [0.25, 0.3) is 0 Å². The van der Waals surface area contributed by atoms with E-state index in [0.29, 0.717) is 6.54 Å². The summed E-state index contributed by atoms with van der Waals surface area (Å²) in [5, 5.41) is 2.90. The molecule has 1 amide bonds. The first kappa shape index (κ1) is 17.1. The standard InChI is InChI=1S/C19H26N2O3/c22-18(17-5-4-15-2-1-3-16(15)14-17)6-7-19(23)20-8-9-21-10-12-24-13-11-21/h4-5,14H,1-3,6-13H2,(H,20,23). The Labute approximate surface area is 143 Å². The number of morpholine rings is 1. The number of benzene rings is 1. The van der Waals surface area contributed by atoms with Gasteiger partial charge in [-0.05, 0) is 36.5 Å². The van der Waals surface area contributed by atoms with E-state index in [-0.39, 0.29) is 24.5 Å². The van der Waals surface area contributed by atoms with Gasteiger partial charge in [-0.1, -0.05) is 12.1 Å². The largest absolute Gasteiger partial charge is 0.379 e. The lowest BCUT2D eigenvalue weighted by Crippen LogP contribution is -2.41. The maximum Gasteiger partial charge on any atom is 0.220 e. The molecule has 2 aliphatic rings. The fourth-order valence-electron chi connectivity index (χ4n) is 3.38. The SMILES string of the molecule is O=C(CCC(=O)c1ccc2c(c1)CCC2)NCCN1CCOCC1. The van der Waals surface area contributed by atoms with Gasteiger partial charge in [-0.2, -0.15) is 0 Å². The van der Waals surface area contributed by atoms with Crippen molar-refractivity contribution in [2.24, 2.45) is 0 Å². The number of amides is 1. The van der Waals surface area contributed by atoms with Crippen molar-refractivity contribution in [2.45, 2.75) is 32.1 Å². The molecule has 0 bridgehead atoms. The molecule has 5 heteroatoms. The molecule has 24 heavy (non-hydrogen) atoms. The zero-order chi connectivity index (χ0) is 16.8. The van der Waals surface area contributed by atoms with Crippen molar-refractivity contribution < 1.29 is 14.3 Å². The molecule has 1 aliphatic carbocycles. The normalized spacial score (nSPS) is 17.5. The molecule has 5 nitrogen and oxygen atoms in total. The van der Waals surface area contributed by atoms with Crippen molar-refractivity contribution in [2.75, 3.05) is 39.4 Å². The molecule has 1 N–H and O–H groups in total. The van der Waals surface area contributed by atoms with Gasteiger partial charge in [0.05, 0.1) is 13.2 Å². The maximum atomic E-state index is 12.3. The first-order chi connectivity index (χ1) is 11.7. The number of ether oxygens (including phenoxy) is 1. The van der Waals surface area contributed by atoms with E-state index in [1.54, 1.807) is 0 Å². The molecular weight excluding hydrogens is 304 g/mol. The highest BCUT2D eigenvalue weighted by Gasteiger charge is 2.15. The third-order valence-electron chi connectivity index (χ3n) is 4.85. The Balaban J connectivity index is 1.37. The van der Waals surface area contributed by atoms with E-state index in [0.717, 1.165) is 51.3 Å². The Hall–Kier alpha value is -1.72. The molecule has 0 spiro atoms. The van der Waals surface area contributed by atoms with Gasteiger partial charge in [0.1, 0.15) is 0 Å². The lowest BCUT2D eigenvalue weighted by molar-refractivity contribution is -0.121. The number of ketones is 1. The monoisotopic (exact) mass is 330 g/mol. The minimum Gasteiger partial charge on any atom is -0.379 e. The van der Waals surface area contributed by atoms with Crippen LogP contribution in [-0.4, -0.2) is 56.0 Å². The summed E-state index contributed by atoms with van der Waals surface area (Å²) in [4.78, 5) is 26.4. The fraction of sp³-hybridized carbons (Fsp3) is 0.579. The van der Waals surface area contributed by atoms with Crippen LogP contribution in [0.1, 0.15) is 40.7 Å². The molecule has 130 valence electrons. The molecule has 3 rings (SSSR count). The molecule has 1 saturated heterocycles. The number of fused-ring (bicyclic) bond motifs is 1. The van der Waals surface area contributed by atoms with E-state index in [1.807, 2.05) is 12.1 Å². The zero-order valence-electron chi connectivity index (χ0n) is 14.2. The predicted molar refractivity (Wildman–Crippen MR) is 92.3 cm³/mol. The van der Waals surface area contributed by atoms with Crippen LogP contribution in [0.25, 0.3) is 0 Å². The minimum atomic E-state index is -0.0437. The smallest absolute Gasteiger partial charge is 0.220 e. The van der Waals surface area contributed by atoms with Gasteiger partial charge < -0.3 is 10.1 Å². The van der Waals surface area contributed by atoms with Crippen LogP contribution in [-0.2, 0) is 22.4 Å². The van der Waals surface area contributed by atoms with Gasteiger partial charge in [0.15, 0.2) is 5.78 Å². The Morgan fingerprint density at radius 1 is 1.08 bits per heavy atom. The molecule has 0 unspecified atom stereocenters. The van der Waals surface area contributed by atoms with Gasteiger partial charge in [-0.25, -0.2) is 0 Å². The number of hydrogen-bond acceptors (Lipinski definition) is 4. The van der Waals surface area contributed by atoms with Crippen LogP contribution >= 0.6 is 0 Å². The summed E-state index contributed by atoms with van der Waals surface area (Å²) in [6.07, 6.45) is 3.91. The summed E-state index contributed by atoms with van der Waals surface area (Å²) in [5.41, 5.74) is 3.42. The van der Waals surface area contributed by atoms with Crippen molar-refractivity contribution in [1.29, 1.82) is 0 Å². The second-order valence-electron chi connectivity index (χ2n) is 6.56. The van der Waals surface area contributed by atoms with E-state index in [1.165, 1.54) is 17.5 Å². The van der Waals surface area contributed by atoms with Crippen molar-refractivity contribution in [1.82, 2.24) is 10.2 Å². The third-order valence-corrected chi connectivity index (χ3v) is 4.85. The molecule has 1 aromatic carbocycles.